The lowest BCUT2D eigenvalue weighted by molar-refractivity contribution is -0.141. The van der Waals surface area contributed by atoms with Crippen molar-refractivity contribution in [1.82, 2.24) is 9.97 Å². The van der Waals surface area contributed by atoms with Crippen LogP contribution in [0.3, 0.4) is 0 Å². The summed E-state index contributed by atoms with van der Waals surface area (Å²) in [4.78, 5) is 7.53. The Morgan fingerprint density at radius 3 is 2.58 bits per heavy atom. The largest absolute Gasteiger partial charge is 0.433 e. The molecule has 1 aromatic rings. The van der Waals surface area contributed by atoms with E-state index in [1.165, 1.54) is 0 Å². The van der Waals surface area contributed by atoms with E-state index in [0.717, 1.165) is 18.9 Å². The monoisotopic (exact) mass is 274 g/mol. The van der Waals surface area contributed by atoms with E-state index in [1.54, 1.807) is 6.92 Å². The molecule has 0 aliphatic heterocycles. The van der Waals surface area contributed by atoms with Crippen LogP contribution in [0.1, 0.15) is 32.4 Å². The first-order chi connectivity index (χ1) is 8.90. The van der Waals surface area contributed by atoms with E-state index in [-0.39, 0.29) is 17.8 Å². The maximum absolute atomic E-state index is 12.8. The Labute approximate surface area is 109 Å². The number of rotatable bonds is 5. The molecule has 0 spiro atoms. The summed E-state index contributed by atoms with van der Waals surface area (Å²) in [6, 6.07) is 1.09. The molecule has 2 rings (SSSR count). The Bertz CT molecular complexity index is 443. The summed E-state index contributed by atoms with van der Waals surface area (Å²) in [5.41, 5.74) is -0.927. The molecule has 1 atom stereocenters. The minimum Gasteiger partial charge on any atom is -0.367 e. The Kier molecular flexibility index (Phi) is 3.82. The number of nitrogens with zero attached hydrogens (tertiary/aromatic N) is 2. The first-order valence-electron chi connectivity index (χ1n) is 6.37. The molecule has 2 N–H and O–H groups in total. The molecule has 1 aliphatic carbocycles. The van der Waals surface area contributed by atoms with Gasteiger partial charge in [0.05, 0.1) is 0 Å². The van der Waals surface area contributed by atoms with Gasteiger partial charge in [0.1, 0.15) is 5.82 Å². The van der Waals surface area contributed by atoms with Gasteiger partial charge in [-0.05, 0) is 32.6 Å². The minimum absolute atomic E-state index is 0.00261. The van der Waals surface area contributed by atoms with Crippen molar-refractivity contribution in [2.45, 2.75) is 38.9 Å². The highest BCUT2D eigenvalue weighted by Crippen LogP contribution is 2.35. The zero-order valence-electron chi connectivity index (χ0n) is 10.9. The van der Waals surface area contributed by atoms with Gasteiger partial charge in [-0.1, -0.05) is 0 Å². The van der Waals surface area contributed by atoms with Crippen molar-refractivity contribution in [2.24, 2.45) is 5.92 Å². The van der Waals surface area contributed by atoms with Crippen LogP contribution in [-0.4, -0.2) is 22.6 Å². The predicted molar refractivity (Wildman–Crippen MR) is 67.0 cm³/mol. The Hall–Kier alpha value is -1.53. The molecule has 4 nitrogen and oxygen atoms in total. The molecule has 0 aromatic carbocycles. The highest BCUT2D eigenvalue weighted by molar-refractivity contribution is 5.44. The smallest absolute Gasteiger partial charge is 0.367 e. The highest BCUT2D eigenvalue weighted by Gasteiger charge is 2.34. The van der Waals surface area contributed by atoms with Crippen LogP contribution in [0.4, 0.5) is 24.9 Å². The van der Waals surface area contributed by atoms with Crippen LogP contribution in [0.5, 0.6) is 0 Å². The number of halogens is 3. The van der Waals surface area contributed by atoms with Crippen molar-refractivity contribution in [3.8, 4) is 0 Å². The maximum Gasteiger partial charge on any atom is 0.433 e. The van der Waals surface area contributed by atoms with E-state index in [2.05, 4.69) is 20.6 Å². The summed E-state index contributed by atoms with van der Waals surface area (Å²) in [6.07, 6.45) is -2.23. The van der Waals surface area contributed by atoms with Crippen LogP contribution in [-0.2, 0) is 6.18 Å². The van der Waals surface area contributed by atoms with Crippen molar-refractivity contribution in [3.63, 3.8) is 0 Å². The number of alkyl halides is 3. The van der Waals surface area contributed by atoms with Crippen LogP contribution >= 0.6 is 0 Å². The van der Waals surface area contributed by atoms with Gasteiger partial charge in [-0.3, -0.25) is 0 Å². The van der Waals surface area contributed by atoms with E-state index < -0.39 is 11.9 Å². The van der Waals surface area contributed by atoms with Gasteiger partial charge in [-0.15, -0.1) is 0 Å². The molecular formula is C12H17F3N4. The number of hydrogen-bond acceptors (Lipinski definition) is 4. The normalized spacial score (nSPS) is 17.1. The Balaban J connectivity index is 2.22. The van der Waals surface area contributed by atoms with E-state index >= 15 is 0 Å². The standard InChI is InChI=1S/C12H17F3N4/c1-3-16-11-18-9(12(13,14)15)6-10(19-11)17-7(2)8-4-5-8/h6-8H,3-5H2,1-2H3,(H2,16,17,18,19). The van der Waals surface area contributed by atoms with Crippen LogP contribution in [0.15, 0.2) is 6.07 Å². The average Bonchev–Trinajstić information content (AvgIpc) is 3.11. The van der Waals surface area contributed by atoms with Crippen molar-refractivity contribution < 1.29 is 13.2 Å². The lowest BCUT2D eigenvalue weighted by atomic mass is 10.2. The second kappa shape index (κ2) is 5.22. The topological polar surface area (TPSA) is 49.8 Å². The van der Waals surface area contributed by atoms with Crippen LogP contribution in [0.2, 0.25) is 0 Å². The van der Waals surface area contributed by atoms with Crippen molar-refractivity contribution >= 4 is 11.8 Å². The van der Waals surface area contributed by atoms with Gasteiger partial charge in [0.25, 0.3) is 0 Å². The summed E-state index contributed by atoms with van der Waals surface area (Å²) in [5, 5.41) is 5.74. The molecule has 106 valence electrons. The molecule has 7 heteroatoms. The second-order valence-corrected chi connectivity index (χ2v) is 4.76. The summed E-state index contributed by atoms with van der Waals surface area (Å²) >= 11 is 0. The molecular weight excluding hydrogens is 257 g/mol. The van der Waals surface area contributed by atoms with Crippen molar-refractivity contribution in [2.75, 3.05) is 17.2 Å². The molecule has 1 aromatic heterocycles. The Morgan fingerprint density at radius 1 is 1.37 bits per heavy atom. The first kappa shape index (κ1) is 13.9. The lowest BCUT2D eigenvalue weighted by Gasteiger charge is -2.16. The molecule has 1 saturated carbocycles. The summed E-state index contributed by atoms with van der Waals surface area (Å²) in [7, 11) is 0. The zero-order chi connectivity index (χ0) is 14.0. The molecule has 1 fully saturated rings. The fourth-order valence-electron chi connectivity index (χ4n) is 1.85. The van der Waals surface area contributed by atoms with Gasteiger partial charge < -0.3 is 10.6 Å². The number of nitrogens with one attached hydrogen (secondary N) is 2. The average molecular weight is 274 g/mol. The van der Waals surface area contributed by atoms with Crippen molar-refractivity contribution in [1.29, 1.82) is 0 Å². The van der Waals surface area contributed by atoms with Gasteiger partial charge in [-0.2, -0.15) is 18.2 Å². The molecule has 1 heterocycles. The molecule has 1 unspecified atom stereocenters. The van der Waals surface area contributed by atoms with Gasteiger partial charge in [0, 0.05) is 18.7 Å². The molecule has 1 aliphatic rings. The van der Waals surface area contributed by atoms with Gasteiger partial charge in [-0.25, -0.2) is 4.98 Å². The van der Waals surface area contributed by atoms with Crippen LogP contribution < -0.4 is 10.6 Å². The van der Waals surface area contributed by atoms with E-state index in [4.69, 9.17) is 0 Å². The van der Waals surface area contributed by atoms with E-state index in [9.17, 15) is 13.2 Å². The third kappa shape index (κ3) is 3.71. The van der Waals surface area contributed by atoms with E-state index in [1.807, 2.05) is 6.92 Å². The fraction of sp³-hybridized carbons (Fsp3) is 0.667. The third-order valence-corrected chi connectivity index (χ3v) is 3.06. The summed E-state index contributed by atoms with van der Waals surface area (Å²) < 4.78 is 38.3. The molecule has 0 saturated heterocycles. The van der Waals surface area contributed by atoms with Gasteiger partial charge in [0.2, 0.25) is 5.95 Å². The summed E-state index contributed by atoms with van der Waals surface area (Å²) in [5.74, 6) is 0.757. The van der Waals surface area contributed by atoms with Crippen LogP contribution in [0, 0.1) is 5.92 Å². The maximum atomic E-state index is 12.8. The number of aromatic nitrogens is 2. The molecule has 0 radical (unpaired) electrons. The highest BCUT2D eigenvalue weighted by atomic mass is 19.4. The van der Waals surface area contributed by atoms with Crippen LogP contribution in [0.25, 0.3) is 0 Å². The summed E-state index contributed by atoms with van der Waals surface area (Å²) in [6.45, 7) is 4.21. The molecule has 0 amide bonds. The fourth-order valence-corrected chi connectivity index (χ4v) is 1.85. The van der Waals surface area contributed by atoms with E-state index in [0.29, 0.717) is 12.5 Å². The van der Waals surface area contributed by atoms with Gasteiger partial charge >= 0.3 is 6.18 Å². The lowest BCUT2D eigenvalue weighted by Crippen LogP contribution is -2.20. The SMILES string of the molecule is CCNc1nc(NC(C)C2CC2)cc(C(F)(F)F)n1. The predicted octanol–water partition coefficient (Wildman–Crippen LogP) is 3.14. The minimum atomic E-state index is -4.47. The first-order valence-corrected chi connectivity index (χ1v) is 6.37. The number of anilines is 2. The zero-order valence-corrected chi connectivity index (χ0v) is 10.9. The third-order valence-electron chi connectivity index (χ3n) is 3.06. The quantitative estimate of drug-likeness (QED) is 0.866. The van der Waals surface area contributed by atoms with Crippen molar-refractivity contribution in [3.05, 3.63) is 11.8 Å². The number of hydrogen-bond donors (Lipinski definition) is 2. The second-order valence-electron chi connectivity index (χ2n) is 4.76. The molecule has 19 heavy (non-hydrogen) atoms. The van der Waals surface area contributed by atoms with Gasteiger partial charge in [0.15, 0.2) is 5.69 Å². The molecule has 0 bridgehead atoms. The Morgan fingerprint density at radius 2 is 2.05 bits per heavy atom.